The zero-order valence-corrected chi connectivity index (χ0v) is 12.3. The third-order valence-corrected chi connectivity index (χ3v) is 3.28. The number of furan rings is 1. The van der Waals surface area contributed by atoms with E-state index in [0.717, 1.165) is 0 Å². The molecule has 3 aromatic rings. The normalized spacial score (nSPS) is 12.2. The molecule has 0 bridgehead atoms. The number of nitrogens with one attached hydrogen (secondary N) is 1. The molecule has 3 heterocycles. The molecule has 0 spiro atoms. The molecule has 2 N–H and O–H groups in total. The van der Waals surface area contributed by atoms with Crippen LogP contribution >= 0.6 is 0 Å². The topological polar surface area (TPSA) is 106 Å². The van der Waals surface area contributed by atoms with Gasteiger partial charge >= 0.3 is 0 Å². The van der Waals surface area contributed by atoms with E-state index < -0.39 is 11.9 Å². The van der Waals surface area contributed by atoms with Gasteiger partial charge in [0.05, 0.1) is 12.3 Å². The highest BCUT2D eigenvalue weighted by molar-refractivity contribution is 5.92. The lowest BCUT2D eigenvalue weighted by Crippen LogP contribution is -2.29. The monoisotopic (exact) mass is 316 g/mol. The Morgan fingerprint density at radius 1 is 1.43 bits per heavy atom. The van der Waals surface area contributed by atoms with Gasteiger partial charge in [0.15, 0.2) is 11.5 Å². The van der Waals surface area contributed by atoms with Crippen molar-refractivity contribution < 1.29 is 18.8 Å². The molecule has 0 radical (unpaired) electrons. The minimum absolute atomic E-state index is 0.0744. The van der Waals surface area contributed by atoms with Crippen LogP contribution < -0.4 is 5.32 Å². The molecule has 0 saturated carbocycles. The third-order valence-electron chi connectivity index (χ3n) is 3.28. The first-order chi connectivity index (χ1) is 11.3. The van der Waals surface area contributed by atoms with Gasteiger partial charge in [0.25, 0.3) is 5.91 Å². The van der Waals surface area contributed by atoms with E-state index in [1.807, 2.05) is 0 Å². The molecule has 3 aromatic heterocycles. The lowest BCUT2D eigenvalue weighted by molar-refractivity contribution is 0.0914. The second-order valence-electron chi connectivity index (χ2n) is 4.94. The lowest BCUT2D eigenvalue weighted by Gasteiger charge is -2.14. The molecule has 0 unspecified atom stereocenters. The summed E-state index contributed by atoms with van der Waals surface area (Å²) in [5, 5.41) is 19.7. The summed E-state index contributed by atoms with van der Waals surface area (Å²) in [5.74, 6) is 0.707. The van der Waals surface area contributed by atoms with Crippen molar-refractivity contribution in [2.75, 3.05) is 6.61 Å². The van der Waals surface area contributed by atoms with E-state index in [-0.39, 0.29) is 12.3 Å². The number of hydrogen-bond acceptors (Lipinski definition) is 6. The Labute approximate surface area is 131 Å². The summed E-state index contributed by atoms with van der Waals surface area (Å²) in [5.41, 5.74) is 0.168. The quantitative estimate of drug-likeness (QED) is 0.682. The summed E-state index contributed by atoms with van der Waals surface area (Å²) in [6, 6.07) is 6.41. The van der Waals surface area contributed by atoms with E-state index >= 15 is 0 Å². The fourth-order valence-electron chi connectivity index (χ4n) is 2.18. The Bertz CT molecular complexity index is 733. The Morgan fingerprint density at radius 3 is 3.04 bits per heavy atom. The molecule has 0 aliphatic rings. The Morgan fingerprint density at radius 2 is 2.35 bits per heavy atom. The zero-order valence-electron chi connectivity index (χ0n) is 12.3. The Balaban J connectivity index is 1.66. The number of nitrogens with zero attached hydrogens (tertiary/aromatic N) is 3. The second-order valence-corrected chi connectivity index (χ2v) is 4.94. The van der Waals surface area contributed by atoms with E-state index in [1.54, 1.807) is 41.3 Å². The Hall–Kier alpha value is -2.87. The van der Waals surface area contributed by atoms with Crippen LogP contribution in [0, 0.1) is 0 Å². The predicted molar refractivity (Wildman–Crippen MR) is 78.5 cm³/mol. The van der Waals surface area contributed by atoms with Crippen LogP contribution in [0.5, 0.6) is 0 Å². The highest BCUT2D eigenvalue weighted by atomic mass is 16.5. The van der Waals surface area contributed by atoms with Crippen LogP contribution in [0.15, 0.2) is 51.9 Å². The molecule has 0 aromatic carbocycles. The van der Waals surface area contributed by atoms with Crippen LogP contribution in [0.25, 0.3) is 0 Å². The molecular weight excluding hydrogens is 300 g/mol. The standard InChI is InChI=1S/C15H16N4O4/c20-7-4-12(14-3-1-8-22-14)17-15(21)13-9-11(23-18-13)10-19-6-2-5-16-19/h1-3,5-6,8-9,12,20H,4,7,10H2,(H,17,21)/t12-/m0/s1. The molecule has 0 aliphatic carbocycles. The van der Waals surface area contributed by atoms with E-state index in [9.17, 15) is 4.79 Å². The minimum atomic E-state index is -0.422. The molecule has 0 saturated heterocycles. The van der Waals surface area contributed by atoms with Crippen LogP contribution in [0.2, 0.25) is 0 Å². The minimum Gasteiger partial charge on any atom is -0.467 e. The lowest BCUT2D eigenvalue weighted by atomic mass is 10.1. The summed E-state index contributed by atoms with van der Waals surface area (Å²) in [6.45, 7) is 0.320. The maximum Gasteiger partial charge on any atom is 0.274 e. The number of aromatic nitrogens is 3. The fraction of sp³-hybridized carbons (Fsp3) is 0.267. The van der Waals surface area contributed by atoms with Crippen LogP contribution in [0.1, 0.15) is 34.5 Å². The number of amides is 1. The van der Waals surface area contributed by atoms with Gasteiger partial charge in [-0.05, 0) is 24.6 Å². The van der Waals surface area contributed by atoms with Gasteiger partial charge in [-0.3, -0.25) is 9.48 Å². The fourth-order valence-corrected chi connectivity index (χ4v) is 2.18. The van der Waals surface area contributed by atoms with Gasteiger partial charge < -0.3 is 19.4 Å². The zero-order chi connectivity index (χ0) is 16.1. The number of aliphatic hydroxyl groups is 1. The van der Waals surface area contributed by atoms with Gasteiger partial charge in [0.1, 0.15) is 12.3 Å². The average molecular weight is 316 g/mol. The van der Waals surface area contributed by atoms with Gasteiger partial charge in [0, 0.05) is 25.1 Å². The van der Waals surface area contributed by atoms with E-state index in [4.69, 9.17) is 14.0 Å². The second kappa shape index (κ2) is 6.93. The first-order valence-corrected chi connectivity index (χ1v) is 7.14. The van der Waals surface area contributed by atoms with Crippen LogP contribution in [0.4, 0.5) is 0 Å². The molecule has 23 heavy (non-hydrogen) atoms. The third kappa shape index (κ3) is 3.67. The summed E-state index contributed by atoms with van der Waals surface area (Å²) < 4.78 is 12.1. The molecule has 8 nitrogen and oxygen atoms in total. The van der Waals surface area contributed by atoms with E-state index in [2.05, 4.69) is 15.6 Å². The van der Waals surface area contributed by atoms with Gasteiger partial charge in [-0.1, -0.05) is 5.16 Å². The Kier molecular flexibility index (Phi) is 4.53. The number of carbonyl (C=O) groups is 1. The summed E-state index contributed by atoms with van der Waals surface area (Å²) in [6.07, 6.45) is 5.31. The maximum atomic E-state index is 12.3. The predicted octanol–water partition coefficient (Wildman–Crippen LogP) is 1.37. The summed E-state index contributed by atoms with van der Waals surface area (Å²) in [7, 11) is 0. The molecule has 8 heteroatoms. The van der Waals surface area contributed by atoms with E-state index in [0.29, 0.717) is 24.5 Å². The molecular formula is C15H16N4O4. The van der Waals surface area contributed by atoms with Gasteiger partial charge in [-0.2, -0.15) is 5.10 Å². The molecule has 0 fully saturated rings. The number of aliphatic hydroxyl groups excluding tert-OH is 1. The van der Waals surface area contributed by atoms with Crippen molar-refractivity contribution in [3.8, 4) is 0 Å². The van der Waals surface area contributed by atoms with Gasteiger partial charge in [-0.25, -0.2) is 0 Å². The van der Waals surface area contributed by atoms with Crippen molar-refractivity contribution in [2.45, 2.75) is 19.0 Å². The summed E-state index contributed by atoms with van der Waals surface area (Å²) in [4.78, 5) is 12.3. The highest BCUT2D eigenvalue weighted by Crippen LogP contribution is 2.17. The molecule has 1 amide bonds. The number of rotatable bonds is 7. The van der Waals surface area contributed by atoms with Gasteiger partial charge in [0.2, 0.25) is 0 Å². The molecule has 3 rings (SSSR count). The molecule has 120 valence electrons. The number of carbonyl (C=O) groups excluding carboxylic acids is 1. The first kappa shape index (κ1) is 15.0. The van der Waals surface area contributed by atoms with Crippen molar-refractivity contribution >= 4 is 5.91 Å². The smallest absolute Gasteiger partial charge is 0.274 e. The van der Waals surface area contributed by atoms with Gasteiger partial charge in [-0.15, -0.1) is 0 Å². The van der Waals surface area contributed by atoms with Crippen molar-refractivity contribution in [1.29, 1.82) is 0 Å². The van der Waals surface area contributed by atoms with Crippen molar-refractivity contribution in [2.24, 2.45) is 0 Å². The average Bonchev–Trinajstić information content (AvgIpc) is 3.30. The van der Waals surface area contributed by atoms with Crippen LogP contribution in [-0.2, 0) is 6.54 Å². The first-order valence-electron chi connectivity index (χ1n) is 7.14. The highest BCUT2D eigenvalue weighted by Gasteiger charge is 2.20. The maximum absolute atomic E-state index is 12.3. The molecule has 1 atom stereocenters. The van der Waals surface area contributed by atoms with Crippen molar-refractivity contribution in [3.63, 3.8) is 0 Å². The van der Waals surface area contributed by atoms with E-state index in [1.165, 1.54) is 6.26 Å². The van der Waals surface area contributed by atoms with Crippen LogP contribution in [0.3, 0.4) is 0 Å². The van der Waals surface area contributed by atoms with Crippen molar-refractivity contribution in [3.05, 3.63) is 60.1 Å². The largest absolute Gasteiger partial charge is 0.467 e. The SMILES string of the molecule is O=C(N[C@@H](CCO)c1ccco1)c1cc(Cn2cccn2)on1. The van der Waals surface area contributed by atoms with Crippen molar-refractivity contribution in [1.82, 2.24) is 20.3 Å². The van der Waals surface area contributed by atoms with Crippen LogP contribution in [-0.4, -0.2) is 32.6 Å². The molecule has 0 aliphatic heterocycles. The summed E-state index contributed by atoms with van der Waals surface area (Å²) >= 11 is 0. The number of hydrogen-bond donors (Lipinski definition) is 2.